The molecule has 0 atom stereocenters. The van der Waals surface area contributed by atoms with Crippen LogP contribution in [0.4, 0.5) is 11.5 Å². The maximum atomic E-state index is 12.5. The van der Waals surface area contributed by atoms with Crippen LogP contribution in [0.5, 0.6) is 0 Å². The van der Waals surface area contributed by atoms with Crippen molar-refractivity contribution in [3.63, 3.8) is 0 Å². The first-order chi connectivity index (χ1) is 13.4. The first-order valence-corrected chi connectivity index (χ1v) is 9.21. The molecule has 144 valence electrons. The Morgan fingerprint density at radius 3 is 2.32 bits per heavy atom. The van der Waals surface area contributed by atoms with Crippen molar-refractivity contribution < 1.29 is 9.59 Å². The standard InChI is InChI=1S/C22H24N4O2/c1-15(2)17-9-11-18(12-10-17)23-22(28)19-14-20(26(3)25-19)24-21(27)13-16-7-5-4-6-8-16/h4-12,14-15H,13H2,1-3H3,(H,23,28)(H,24,27). The van der Waals surface area contributed by atoms with Crippen molar-refractivity contribution in [3.05, 3.63) is 77.5 Å². The topological polar surface area (TPSA) is 76.0 Å². The molecule has 1 heterocycles. The van der Waals surface area contributed by atoms with Crippen LogP contribution in [0.2, 0.25) is 0 Å². The highest BCUT2D eigenvalue weighted by atomic mass is 16.2. The Balaban J connectivity index is 1.64. The fourth-order valence-electron chi connectivity index (χ4n) is 2.81. The number of carbonyl (C=O) groups excluding carboxylic acids is 2. The Labute approximate surface area is 164 Å². The van der Waals surface area contributed by atoms with Crippen molar-refractivity contribution in [1.82, 2.24) is 9.78 Å². The van der Waals surface area contributed by atoms with Gasteiger partial charge in [0.1, 0.15) is 5.82 Å². The zero-order chi connectivity index (χ0) is 20.1. The van der Waals surface area contributed by atoms with Gasteiger partial charge in [0.15, 0.2) is 5.69 Å². The third-order valence-electron chi connectivity index (χ3n) is 4.42. The molecule has 0 saturated carbocycles. The molecular formula is C22H24N4O2. The van der Waals surface area contributed by atoms with Gasteiger partial charge in [-0.05, 0) is 29.2 Å². The van der Waals surface area contributed by atoms with E-state index in [4.69, 9.17) is 0 Å². The number of nitrogens with one attached hydrogen (secondary N) is 2. The molecule has 1 aromatic heterocycles. The lowest BCUT2D eigenvalue weighted by molar-refractivity contribution is -0.115. The van der Waals surface area contributed by atoms with Crippen molar-refractivity contribution in [1.29, 1.82) is 0 Å². The highest BCUT2D eigenvalue weighted by Crippen LogP contribution is 2.18. The van der Waals surface area contributed by atoms with Crippen LogP contribution in [0, 0.1) is 0 Å². The van der Waals surface area contributed by atoms with E-state index in [0.717, 1.165) is 5.56 Å². The maximum absolute atomic E-state index is 12.5. The Kier molecular flexibility index (Phi) is 5.89. The minimum atomic E-state index is -0.323. The van der Waals surface area contributed by atoms with Gasteiger partial charge in [0.2, 0.25) is 5.91 Å². The summed E-state index contributed by atoms with van der Waals surface area (Å²) in [5.41, 5.74) is 3.07. The predicted octanol–water partition coefficient (Wildman–Crippen LogP) is 3.98. The molecule has 0 bridgehead atoms. The number of hydrogen-bond acceptors (Lipinski definition) is 3. The van der Waals surface area contributed by atoms with Crippen molar-refractivity contribution in [3.8, 4) is 0 Å². The van der Waals surface area contributed by atoms with E-state index in [2.05, 4.69) is 29.6 Å². The summed E-state index contributed by atoms with van der Waals surface area (Å²) in [5, 5.41) is 9.83. The Hall–Kier alpha value is -3.41. The van der Waals surface area contributed by atoms with Gasteiger partial charge in [-0.1, -0.05) is 56.3 Å². The molecule has 0 radical (unpaired) electrons. The molecule has 28 heavy (non-hydrogen) atoms. The summed E-state index contributed by atoms with van der Waals surface area (Å²) in [5.74, 6) is 0.422. The van der Waals surface area contributed by atoms with Crippen LogP contribution in [-0.4, -0.2) is 21.6 Å². The molecule has 0 fully saturated rings. The molecule has 0 spiro atoms. The van der Waals surface area contributed by atoms with Gasteiger partial charge >= 0.3 is 0 Å². The lowest BCUT2D eigenvalue weighted by atomic mass is 10.0. The molecule has 0 aliphatic carbocycles. The van der Waals surface area contributed by atoms with Crippen LogP contribution < -0.4 is 10.6 Å². The normalized spacial score (nSPS) is 10.7. The average Bonchev–Trinajstić information content (AvgIpc) is 3.03. The summed E-state index contributed by atoms with van der Waals surface area (Å²) in [6.45, 7) is 4.24. The third kappa shape index (κ3) is 4.85. The summed E-state index contributed by atoms with van der Waals surface area (Å²) >= 11 is 0. The first kappa shape index (κ1) is 19.4. The number of aryl methyl sites for hydroxylation is 1. The van der Waals surface area contributed by atoms with Gasteiger partial charge in [0.25, 0.3) is 5.91 Å². The van der Waals surface area contributed by atoms with Crippen LogP contribution in [0.3, 0.4) is 0 Å². The fraction of sp³-hybridized carbons (Fsp3) is 0.227. The fourth-order valence-corrected chi connectivity index (χ4v) is 2.81. The molecule has 2 aromatic carbocycles. The van der Waals surface area contributed by atoms with Crippen LogP contribution in [-0.2, 0) is 18.3 Å². The molecule has 0 aliphatic rings. The number of hydrogen-bond donors (Lipinski definition) is 2. The monoisotopic (exact) mass is 376 g/mol. The summed E-state index contributed by atoms with van der Waals surface area (Å²) in [6, 6.07) is 18.8. The summed E-state index contributed by atoms with van der Waals surface area (Å²) in [6.07, 6.45) is 0.260. The van der Waals surface area contributed by atoms with Crippen LogP contribution in [0.15, 0.2) is 60.7 Å². The molecule has 0 saturated heterocycles. The molecule has 2 amide bonds. The van der Waals surface area contributed by atoms with Gasteiger partial charge in [-0.3, -0.25) is 14.3 Å². The minimum absolute atomic E-state index is 0.162. The van der Waals surface area contributed by atoms with Crippen LogP contribution >= 0.6 is 0 Å². The van der Waals surface area contributed by atoms with Crippen LogP contribution in [0.25, 0.3) is 0 Å². The second-order valence-corrected chi connectivity index (χ2v) is 6.98. The number of amides is 2. The van der Waals surface area contributed by atoms with Crippen molar-refractivity contribution in [2.24, 2.45) is 7.05 Å². The van der Waals surface area contributed by atoms with Gasteiger partial charge in [-0.2, -0.15) is 5.10 Å². The summed E-state index contributed by atoms with van der Waals surface area (Å²) in [4.78, 5) is 24.7. The third-order valence-corrected chi connectivity index (χ3v) is 4.42. The molecular weight excluding hydrogens is 352 g/mol. The molecule has 3 rings (SSSR count). The van der Waals surface area contributed by atoms with E-state index in [0.29, 0.717) is 17.4 Å². The van der Waals surface area contributed by atoms with E-state index >= 15 is 0 Å². The Morgan fingerprint density at radius 2 is 1.68 bits per heavy atom. The van der Waals surface area contributed by atoms with E-state index in [-0.39, 0.29) is 23.9 Å². The zero-order valence-corrected chi connectivity index (χ0v) is 16.3. The highest BCUT2D eigenvalue weighted by molar-refractivity contribution is 6.04. The molecule has 2 N–H and O–H groups in total. The highest BCUT2D eigenvalue weighted by Gasteiger charge is 2.15. The van der Waals surface area contributed by atoms with Crippen LogP contribution in [0.1, 0.15) is 41.4 Å². The number of carbonyl (C=O) groups is 2. The Morgan fingerprint density at radius 1 is 1.00 bits per heavy atom. The number of benzene rings is 2. The Bertz CT molecular complexity index is 960. The largest absolute Gasteiger partial charge is 0.321 e. The van der Waals surface area contributed by atoms with Gasteiger partial charge < -0.3 is 10.6 Å². The number of anilines is 2. The van der Waals surface area contributed by atoms with E-state index in [1.807, 2.05) is 54.6 Å². The summed E-state index contributed by atoms with van der Waals surface area (Å²) < 4.78 is 1.49. The van der Waals surface area contributed by atoms with Crippen molar-refractivity contribution in [2.45, 2.75) is 26.2 Å². The summed E-state index contributed by atoms with van der Waals surface area (Å²) in [7, 11) is 1.69. The smallest absolute Gasteiger partial charge is 0.276 e. The second kappa shape index (κ2) is 8.52. The maximum Gasteiger partial charge on any atom is 0.276 e. The van der Waals surface area contributed by atoms with E-state index in [1.54, 1.807) is 13.1 Å². The average molecular weight is 376 g/mol. The van der Waals surface area contributed by atoms with Gasteiger partial charge in [0.05, 0.1) is 6.42 Å². The van der Waals surface area contributed by atoms with E-state index in [9.17, 15) is 9.59 Å². The minimum Gasteiger partial charge on any atom is -0.321 e. The van der Waals surface area contributed by atoms with E-state index < -0.39 is 0 Å². The molecule has 3 aromatic rings. The van der Waals surface area contributed by atoms with Crippen molar-refractivity contribution in [2.75, 3.05) is 10.6 Å². The number of rotatable bonds is 6. The number of nitrogens with zero attached hydrogens (tertiary/aromatic N) is 2. The van der Waals surface area contributed by atoms with Gasteiger partial charge in [0, 0.05) is 18.8 Å². The van der Waals surface area contributed by atoms with Gasteiger partial charge in [-0.25, -0.2) is 0 Å². The van der Waals surface area contributed by atoms with Gasteiger partial charge in [-0.15, -0.1) is 0 Å². The molecule has 0 unspecified atom stereocenters. The predicted molar refractivity (Wildman–Crippen MR) is 110 cm³/mol. The zero-order valence-electron chi connectivity index (χ0n) is 16.3. The lowest BCUT2D eigenvalue weighted by Crippen LogP contribution is -2.16. The molecule has 6 heteroatoms. The number of aromatic nitrogens is 2. The molecule has 0 aliphatic heterocycles. The van der Waals surface area contributed by atoms with E-state index in [1.165, 1.54) is 10.2 Å². The first-order valence-electron chi connectivity index (χ1n) is 9.21. The SMILES string of the molecule is CC(C)c1ccc(NC(=O)c2cc(NC(=O)Cc3ccccc3)n(C)n2)cc1. The quantitative estimate of drug-likeness (QED) is 0.683. The lowest BCUT2D eigenvalue weighted by Gasteiger charge is -2.07. The van der Waals surface area contributed by atoms with Crippen molar-refractivity contribution >= 4 is 23.3 Å². The molecule has 6 nitrogen and oxygen atoms in total. The second-order valence-electron chi connectivity index (χ2n) is 6.98.